The fourth-order valence-electron chi connectivity index (χ4n) is 2.84. The summed E-state index contributed by atoms with van der Waals surface area (Å²) >= 11 is 0. The van der Waals surface area contributed by atoms with E-state index in [4.69, 9.17) is 0 Å². The zero-order valence-corrected chi connectivity index (χ0v) is 11.0. The number of hydrogen-bond donors (Lipinski definition) is 1. The van der Waals surface area contributed by atoms with E-state index >= 15 is 0 Å². The van der Waals surface area contributed by atoms with Gasteiger partial charge in [-0.05, 0) is 68.2 Å². The summed E-state index contributed by atoms with van der Waals surface area (Å²) in [6.45, 7) is 0.0890. The lowest BCUT2D eigenvalue weighted by Crippen LogP contribution is -1.83. The normalized spacial score (nSPS) is 11.4. The summed E-state index contributed by atoms with van der Waals surface area (Å²) in [6, 6.07) is 23.4. The summed E-state index contributed by atoms with van der Waals surface area (Å²) in [5, 5.41) is 16.7. The number of benzene rings is 4. The third-order valence-electron chi connectivity index (χ3n) is 3.91. The van der Waals surface area contributed by atoms with Crippen molar-refractivity contribution in [2.24, 2.45) is 0 Å². The first-order valence-electron chi connectivity index (χ1n) is 6.79. The predicted molar refractivity (Wildman–Crippen MR) is 84.9 cm³/mol. The Bertz CT molecular complexity index is 938. The summed E-state index contributed by atoms with van der Waals surface area (Å²) in [5.74, 6) is 0. The van der Waals surface area contributed by atoms with Crippen molar-refractivity contribution in [2.75, 3.05) is 0 Å². The second-order valence-electron chi connectivity index (χ2n) is 5.24. The quantitative estimate of drug-likeness (QED) is 0.493. The average Bonchev–Trinajstić information content (AvgIpc) is 2.50. The van der Waals surface area contributed by atoms with Crippen molar-refractivity contribution >= 4 is 32.3 Å². The molecule has 0 saturated heterocycles. The Morgan fingerprint density at radius 1 is 0.550 bits per heavy atom. The Morgan fingerprint density at radius 3 is 1.65 bits per heavy atom. The van der Waals surface area contributed by atoms with E-state index in [0.29, 0.717) is 0 Å². The molecule has 1 heteroatoms. The summed E-state index contributed by atoms with van der Waals surface area (Å²) in [6.07, 6.45) is 0. The second-order valence-corrected chi connectivity index (χ2v) is 5.24. The standard InChI is InChI=1S/C19H14O/c20-12-13-5-6-16-10-18-8-14-3-1-2-4-15(14)9-19(18)11-17(16)7-13/h1-11,20H,12H2. The molecule has 4 rings (SSSR count). The van der Waals surface area contributed by atoms with Crippen LogP contribution in [-0.4, -0.2) is 5.11 Å². The lowest BCUT2D eigenvalue weighted by atomic mass is 9.99. The number of fused-ring (bicyclic) bond motifs is 3. The monoisotopic (exact) mass is 258 g/mol. The van der Waals surface area contributed by atoms with Crippen LogP contribution in [0.1, 0.15) is 5.56 Å². The average molecular weight is 258 g/mol. The Morgan fingerprint density at radius 2 is 1.05 bits per heavy atom. The molecule has 0 unspecified atom stereocenters. The van der Waals surface area contributed by atoms with E-state index in [2.05, 4.69) is 60.7 Å². The van der Waals surface area contributed by atoms with E-state index in [1.54, 1.807) is 0 Å². The Hall–Kier alpha value is -2.38. The molecular weight excluding hydrogens is 244 g/mol. The van der Waals surface area contributed by atoms with Gasteiger partial charge in [-0.1, -0.05) is 36.4 Å². The van der Waals surface area contributed by atoms with Gasteiger partial charge in [0.1, 0.15) is 0 Å². The predicted octanol–water partition coefficient (Wildman–Crippen LogP) is 4.64. The van der Waals surface area contributed by atoms with Crippen molar-refractivity contribution in [3.63, 3.8) is 0 Å². The van der Waals surface area contributed by atoms with Gasteiger partial charge in [-0.2, -0.15) is 0 Å². The van der Waals surface area contributed by atoms with Gasteiger partial charge in [0.2, 0.25) is 0 Å². The first-order valence-corrected chi connectivity index (χ1v) is 6.79. The van der Waals surface area contributed by atoms with Gasteiger partial charge in [-0.25, -0.2) is 0 Å². The molecule has 0 fully saturated rings. The smallest absolute Gasteiger partial charge is 0.0682 e. The highest BCUT2D eigenvalue weighted by Gasteiger charge is 2.01. The molecule has 0 amide bonds. The zero-order valence-electron chi connectivity index (χ0n) is 11.0. The summed E-state index contributed by atoms with van der Waals surface area (Å²) in [4.78, 5) is 0. The van der Waals surface area contributed by atoms with Crippen LogP contribution in [0.3, 0.4) is 0 Å². The van der Waals surface area contributed by atoms with Gasteiger partial charge in [0.05, 0.1) is 6.61 Å². The molecule has 1 N–H and O–H groups in total. The molecule has 0 bridgehead atoms. The van der Waals surface area contributed by atoms with Crippen LogP contribution < -0.4 is 0 Å². The molecule has 96 valence electrons. The highest BCUT2D eigenvalue weighted by atomic mass is 16.3. The number of rotatable bonds is 1. The molecule has 0 atom stereocenters. The molecular formula is C19H14O. The summed E-state index contributed by atoms with van der Waals surface area (Å²) < 4.78 is 0. The first kappa shape index (κ1) is 11.4. The summed E-state index contributed by atoms with van der Waals surface area (Å²) in [5.41, 5.74) is 0.956. The van der Waals surface area contributed by atoms with Crippen LogP contribution in [0, 0.1) is 0 Å². The van der Waals surface area contributed by atoms with Gasteiger partial charge >= 0.3 is 0 Å². The van der Waals surface area contributed by atoms with E-state index in [1.165, 1.54) is 32.3 Å². The van der Waals surface area contributed by atoms with Crippen molar-refractivity contribution < 1.29 is 5.11 Å². The molecule has 0 radical (unpaired) electrons. The van der Waals surface area contributed by atoms with Crippen LogP contribution >= 0.6 is 0 Å². The van der Waals surface area contributed by atoms with Crippen molar-refractivity contribution in [3.8, 4) is 0 Å². The van der Waals surface area contributed by atoms with Crippen molar-refractivity contribution in [1.82, 2.24) is 0 Å². The van der Waals surface area contributed by atoms with Gasteiger partial charge in [0.25, 0.3) is 0 Å². The van der Waals surface area contributed by atoms with Gasteiger partial charge in [0, 0.05) is 0 Å². The number of aliphatic hydroxyl groups is 1. The fraction of sp³-hybridized carbons (Fsp3) is 0.0526. The Kier molecular flexibility index (Phi) is 2.48. The molecule has 0 aromatic heterocycles. The number of aliphatic hydroxyl groups excluding tert-OH is 1. The van der Waals surface area contributed by atoms with Crippen LogP contribution in [0.25, 0.3) is 32.3 Å². The molecule has 0 spiro atoms. The summed E-state index contributed by atoms with van der Waals surface area (Å²) in [7, 11) is 0. The largest absolute Gasteiger partial charge is 0.392 e. The lowest BCUT2D eigenvalue weighted by molar-refractivity contribution is 0.282. The minimum Gasteiger partial charge on any atom is -0.392 e. The molecule has 4 aromatic rings. The van der Waals surface area contributed by atoms with Crippen LogP contribution in [-0.2, 0) is 6.61 Å². The zero-order chi connectivity index (χ0) is 13.5. The van der Waals surface area contributed by atoms with E-state index < -0.39 is 0 Å². The molecule has 0 heterocycles. The molecule has 20 heavy (non-hydrogen) atoms. The van der Waals surface area contributed by atoms with Gasteiger partial charge in [-0.3, -0.25) is 0 Å². The van der Waals surface area contributed by atoms with Crippen molar-refractivity contribution in [2.45, 2.75) is 6.61 Å². The highest BCUT2D eigenvalue weighted by Crippen LogP contribution is 2.27. The van der Waals surface area contributed by atoms with Gasteiger partial charge < -0.3 is 5.11 Å². The van der Waals surface area contributed by atoms with Crippen LogP contribution in [0.4, 0.5) is 0 Å². The SMILES string of the molecule is OCc1ccc2cc3cc4ccccc4cc3cc2c1. The third-order valence-corrected chi connectivity index (χ3v) is 3.91. The van der Waals surface area contributed by atoms with Crippen LogP contribution in [0.2, 0.25) is 0 Å². The second kappa shape index (κ2) is 4.32. The molecule has 0 aliphatic carbocycles. The van der Waals surface area contributed by atoms with Crippen molar-refractivity contribution in [3.05, 3.63) is 72.3 Å². The first-order chi connectivity index (χ1) is 9.83. The lowest BCUT2D eigenvalue weighted by Gasteiger charge is -2.06. The van der Waals surface area contributed by atoms with Crippen LogP contribution in [0.5, 0.6) is 0 Å². The minimum absolute atomic E-state index is 0.0890. The molecule has 0 aliphatic rings. The Balaban J connectivity index is 2.09. The highest BCUT2D eigenvalue weighted by molar-refractivity contribution is 6.04. The maximum atomic E-state index is 9.25. The Labute approximate surface area is 117 Å². The topological polar surface area (TPSA) is 20.2 Å². The molecule has 4 aromatic carbocycles. The van der Waals surface area contributed by atoms with Crippen LogP contribution in [0.15, 0.2) is 66.7 Å². The van der Waals surface area contributed by atoms with Gasteiger partial charge in [0.15, 0.2) is 0 Å². The van der Waals surface area contributed by atoms with E-state index in [-0.39, 0.29) is 6.61 Å². The van der Waals surface area contributed by atoms with E-state index in [9.17, 15) is 5.11 Å². The number of hydrogen-bond acceptors (Lipinski definition) is 1. The van der Waals surface area contributed by atoms with Crippen molar-refractivity contribution in [1.29, 1.82) is 0 Å². The van der Waals surface area contributed by atoms with E-state index in [1.807, 2.05) is 6.07 Å². The fourth-order valence-corrected chi connectivity index (χ4v) is 2.84. The minimum atomic E-state index is 0.0890. The molecule has 1 nitrogen and oxygen atoms in total. The molecule has 0 aliphatic heterocycles. The maximum absolute atomic E-state index is 9.25. The van der Waals surface area contributed by atoms with Gasteiger partial charge in [-0.15, -0.1) is 0 Å². The maximum Gasteiger partial charge on any atom is 0.0682 e. The van der Waals surface area contributed by atoms with E-state index in [0.717, 1.165) is 5.56 Å². The third kappa shape index (κ3) is 1.75. The molecule has 0 saturated carbocycles.